The van der Waals surface area contributed by atoms with E-state index in [2.05, 4.69) is 4.98 Å². The summed E-state index contributed by atoms with van der Waals surface area (Å²) in [6.45, 7) is 1.58. The molecule has 132 valence electrons. The van der Waals surface area contributed by atoms with Crippen molar-refractivity contribution in [3.63, 3.8) is 0 Å². The van der Waals surface area contributed by atoms with Crippen molar-refractivity contribution in [2.45, 2.75) is 0 Å². The van der Waals surface area contributed by atoms with E-state index in [9.17, 15) is 14.0 Å². The molecule has 0 spiro atoms. The molecule has 0 aliphatic carbocycles. The van der Waals surface area contributed by atoms with Gasteiger partial charge in [-0.1, -0.05) is 24.3 Å². The van der Waals surface area contributed by atoms with Gasteiger partial charge in [0.15, 0.2) is 5.01 Å². The summed E-state index contributed by atoms with van der Waals surface area (Å²) in [5, 5.41) is 0.458. The van der Waals surface area contributed by atoms with Crippen LogP contribution in [-0.2, 0) is 0 Å². The molecule has 5 nitrogen and oxygen atoms in total. The lowest BCUT2D eigenvalue weighted by atomic mass is 10.1. The van der Waals surface area contributed by atoms with Gasteiger partial charge in [0.05, 0.1) is 15.8 Å². The minimum absolute atomic E-state index is 0.0680. The number of piperazine rings is 1. The number of carbonyl (C=O) groups is 2. The van der Waals surface area contributed by atoms with Crippen LogP contribution in [0.1, 0.15) is 20.2 Å². The number of para-hydroxylation sites is 1. The molecule has 0 N–H and O–H groups in total. The second-order valence-corrected chi connectivity index (χ2v) is 7.08. The molecule has 1 aromatic heterocycles. The van der Waals surface area contributed by atoms with E-state index in [1.54, 1.807) is 21.9 Å². The summed E-state index contributed by atoms with van der Waals surface area (Å²) in [6, 6.07) is 13.6. The maximum Gasteiger partial charge on any atom is 0.282 e. The molecule has 0 unspecified atom stereocenters. The molecule has 2 amide bonds. The number of amides is 2. The quantitative estimate of drug-likeness (QED) is 0.698. The SMILES string of the molecule is O=C(c1nc2ccccc2s1)N1CCN(C(=O)c2ccccc2F)CC1. The average molecular weight is 369 g/mol. The first-order valence-corrected chi connectivity index (χ1v) is 9.14. The van der Waals surface area contributed by atoms with Crippen LogP contribution in [0.3, 0.4) is 0 Å². The van der Waals surface area contributed by atoms with Gasteiger partial charge < -0.3 is 9.80 Å². The largest absolute Gasteiger partial charge is 0.335 e. The number of hydrogen-bond donors (Lipinski definition) is 0. The first-order valence-electron chi connectivity index (χ1n) is 8.32. The molecule has 1 aliphatic heterocycles. The van der Waals surface area contributed by atoms with Gasteiger partial charge in [-0.2, -0.15) is 0 Å². The molecule has 0 atom stereocenters. The highest BCUT2D eigenvalue weighted by Gasteiger charge is 2.28. The smallest absolute Gasteiger partial charge is 0.282 e. The summed E-state index contributed by atoms with van der Waals surface area (Å²) in [4.78, 5) is 32.8. The Bertz CT molecular complexity index is 947. The summed E-state index contributed by atoms with van der Waals surface area (Å²) in [5.74, 6) is -0.982. The van der Waals surface area contributed by atoms with Gasteiger partial charge in [-0.3, -0.25) is 9.59 Å². The molecule has 0 radical (unpaired) electrons. The lowest BCUT2D eigenvalue weighted by Crippen LogP contribution is -2.50. The molecule has 2 heterocycles. The first kappa shape index (κ1) is 16.7. The van der Waals surface area contributed by atoms with E-state index in [1.807, 2.05) is 24.3 Å². The molecule has 3 aromatic rings. The lowest BCUT2D eigenvalue weighted by Gasteiger charge is -2.34. The zero-order valence-corrected chi connectivity index (χ0v) is 14.7. The van der Waals surface area contributed by atoms with Crippen LogP contribution in [0.25, 0.3) is 10.2 Å². The minimum Gasteiger partial charge on any atom is -0.335 e. The molecule has 1 saturated heterocycles. The maximum absolute atomic E-state index is 13.8. The van der Waals surface area contributed by atoms with Crippen molar-refractivity contribution in [1.29, 1.82) is 0 Å². The van der Waals surface area contributed by atoms with Crippen molar-refractivity contribution in [3.05, 3.63) is 64.9 Å². The zero-order chi connectivity index (χ0) is 18.1. The van der Waals surface area contributed by atoms with Crippen molar-refractivity contribution in [1.82, 2.24) is 14.8 Å². The number of nitrogens with zero attached hydrogens (tertiary/aromatic N) is 3. The topological polar surface area (TPSA) is 53.5 Å². The molecule has 26 heavy (non-hydrogen) atoms. The summed E-state index contributed by atoms with van der Waals surface area (Å²) in [6.07, 6.45) is 0. The Balaban J connectivity index is 1.44. The van der Waals surface area contributed by atoms with Crippen molar-refractivity contribution in [3.8, 4) is 0 Å². The van der Waals surface area contributed by atoms with Crippen molar-refractivity contribution >= 4 is 33.4 Å². The van der Waals surface area contributed by atoms with E-state index >= 15 is 0 Å². The lowest BCUT2D eigenvalue weighted by molar-refractivity contribution is 0.0533. The Kier molecular flexibility index (Phi) is 4.38. The van der Waals surface area contributed by atoms with E-state index in [-0.39, 0.29) is 17.4 Å². The Hall–Kier alpha value is -2.80. The molecule has 1 fully saturated rings. The highest BCUT2D eigenvalue weighted by Crippen LogP contribution is 2.23. The van der Waals surface area contributed by atoms with Crippen LogP contribution in [0.4, 0.5) is 4.39 Å². The third-order valence-corrected chi connectivity index (χ3v) is 5.46. The molecular formula is C19H16FN3O2S. The number of benzene rings is 2. The van der Waals surface area contributed by atoms with Gasteiger partial charge in [0.1, 0.15) is 5.82 Å². The highest BCUT2D eigenvalue weighted by atomic mass is 32.1. The fourth-order valence-electron chi connectivity index (χ4n) is 3.02. The fourth-order valence-corrected chi connectivity index (χ4v) is 3.95. The van der Waals surface area contributed by atoms with Gasteiger partial charge in [0.25, 0.3) is 11.8 Å². The summed E-state index contributed by atoms with van der Waals surface area (Å²) < 4.78 is 14.8. The van der Waals surface area contributed by atoms with Gasteiger partial charge in [-0.15, -0.1) is 11.3 Å². The van der Waals surface area contributed by atoms with Gasteiger partial charge in [-0.05, 0) is 24.3 Å². The highest BCUT2D eigenvalue weighted by molar-refractivity contribution is 7.20. The fraction of sp³-hybridized carbons (Fsp3) is 0.211. The van der Waals surface area contributed by atoms with Crippen LogP contribution in [0.5, 0.6) is 0 Å². The van der Waals surface area contributed by atoms with Crippen LogP contribution in [0, 0.1) is 5.82 Å². The van der Waals surface area contributed by atoms with E-state index in [0.717, 1.165) is 10.2 Å². The Morgan fingerprint density at radius 2 is 1.50 bits per heavy atom. The van der Waals surface area contributed by atoms with Crippen LogP contribution in [-0.4, -0.2) is 52.8 Å². The van der Waals surface area contributed by atoms with Crippen LogP contribution in [0.15, 0.2) is 48.5 Å². The number of thiazole rings is 1. The monoisotopic (exact) mass is 369 g/mol. The van der Waals surface area contributed by atoms with Crippen molar-refractivity contribution < 1.29 is 14.0 Å². The molecule has 7 heteroatoms. The molecule has 0 saturated carbocycles. The van der Waals surface area contributed by atoms with Crippen LogP contribution in [0.2, 0.25) is 0 Å². The third kappa shape index (κ3) is 3.06. The predicted octanol–water partition coefficient (Wildman–Crippen LogP) is 3.03. The second kappa shape index (κ2) is 6.84. The van der Waals surface area contributed by atoms with Crippen LogP contribution >= 0.6 is 11.3 Å². The number of hydrogen-bond acceptors (Lipinski definition) is 4. The molecular weight excluding hydrogens is 353 g/mol. The summed E-state index contributed by atoms with van der Waals surface area (Å²) in [7, 11) is 0. The molecule has 2 aromatic carbocycles. The van der Waals surface area contributed by atoms with Gasteiger partial charge in [-0.25, -0.2) is 9.37 Å². The van der Waals surface area contributed by atoms with Gasteiger partial charge in [0.2, 0.25) is 0 Å². The molecule has 0 bridgehead atoms. The Morgan fingerprint density at radius 3 is 2.19 bits per heavy atom. The Labute approximate surface area is 153 Å². The van der Waals surface area contributed by atoms with Gasteiger partial charge >= 0.3 is 0 Å². The Morgan fingerprint density at radius 1 is 0.885 bits per heavy atom. The number of aromatic nitrogens is 1. The maximum atomic E-state index is 13.8. The van der Waals surface area contributed by atoms with E-state index in [0.29, 0.717) is 31.2 Å². The number of rotatable bonds is 2. The third-order valence-electron chi connectivity index (χ3n) is 4.44. The normalized spacial score (nSPS) is 14.7. The second-order valence-electron chi connectivity index (χ2n) is 6.05. The first-order chi connectivity index (χ1) is 12.6. The number of halogens is 1. The molecule has 4 rings (SSSR count). The van der Waals surface area contributed by atoms with E-state index in [4.69, 9.17) is 0 Å². The van der Waals surface area contributed by atoms with E-state index < -0.39 is 5.82 Å². The van der Waals surface area contributed by atoms with Crippen molar-refractivity contribution in [2.75, 3.05) is 26.2 Å². The van der Waals surface area contributed by atoms with Crippen molar-refractivity contribution in [2.24, 2.45) is 0 Å². The average Bonchev–Trinajstić information content (AvgIpc) is 3.11. The predicted molar refractivity (Wildman–Crippen MR) is 97.8 cm³/mol. The zero-order valence-electron chi connectivity index (χ0n) is 13.9. The molecule has 1 aliphatic rings. The summed E-state index contributed by atoms with van der Waals surface area (Å²) >= 11 is 1.37. The van der Waals surface area contributed by atoms with E-state index in [1.165, 1.54) is 23.5 Å². The minimum atomic E-state index is -0.523. The number of carbonyl (C=O) groups excluding carboxylic acids is 2. The standard InChI is InChI=1S/C19H16FN3O2S/c20-14-6-2-1-5-13(14)18(24)22-9-11-23(12-10-22)19(25)17-21-15-7-3-4-8-16(15)26-17/h1-8H,9-12H2. The summed E-state index contributed by atoms with van der Waals surface area (Å²) in [5.41, 5.74) is 0.882. The van der Waals surface area contributed by atoms with Gasteiger partial charge in [0, 0.05) is 26.2 Å². The van der Waals surface area contributed by atoms with Crippen LogP contribution < -0.4 is 0 Å². The number of fused-ring (bicyclic) bond motifs is 1.